The molecule has 0 spiro atoms. The summed E-state index contributed by atoms with van der Waals surface area (Å²) in [6.07, 6.45) is 1.09. The van der Waals surface area contributed by atoms with Crippen LogP contribution in [-0.2, 0) is 9.59 Å². The molecule has 3 rings (SSSR count). The fourth-order valence-electron chi connectivity index (χ4n) is 5.36. The highest BCUT2D eigenvalue weighted by Gasteiger charge is 2.86. The van der Waals surface area contributed by atoms with E-state index in [-0.39, 0.29) is 17.1 Å². The van der Waals surface area contributed by atoms with Gasteiger partial charge in [-0.2, -0.15) is 0 Å². The van der Waals surface area contributed by atoms with Crippen LogP contribution in [0.25, 0.3) is 0 Å². The average Bonchev–Trinajstić information content (AvgIpc) is 3.21. The first kappa shape index (κ1) is 18.3. The first-order valence-electron chi connectivity index (χ1n) is 8.74. The lowest BCUT2D eigenvalue weighted by Gasteiger charge is -2.38. The highest BCUT2D eigenvalue weighted by atomic mass is 32.2. The molecular weight excluding hydrogens is 338 g/mol. The van der Waals surface area contributed by atoms with Crippen molar-refractivity contribution in [1.29, 1.82) is 0 Å². The second-order valence-corrected chi connectivity index (χ2v) is 8.49. The zero-order valence-electron chi connectivity index (χ0n) is 14.7. The summed E-state index contributed by atoms with van der Waals surface area (Å²) in [5, 5.41) is 19.6. The van der Waals surface area contributed by atoms with E-state index < -0.39 is 28.8 Å². The van der Waals surface area contributed by atoms with Gasteiger partial charge in [0, 0.05) is 21.5 Å². The van der Waals surface area contributed by atoms with Crippen LogP contribution in [-0.4, -0.2) is 32.9 Å². The number of carboxylic acids is 2. The lowest BCUT2D eigenvalue weighted by atomic mass is 9.71. The lowest BCUT2D eigenvalue weighted by molar-refractivity contribution is -0.150. The number of fused-ring (bicyclic) bond motifs is 1. The Bertz CT molecular complexity index is 723. The summed E-state index contributed by atoms with van der Waals surface area (Å²) in [5.74, 6) is -3.13. The predicted octanol–water partition coefficient (Wildman–Crippen LogP) is 3.00. The molecule has 2 saturated carbocycles. The van der Waals surface area contributed by atoms with E-state index in [4.69, 9.17) is 5.73 Å². The van der Waals surface area contributed by atoms with Crippen LogP contribution in [0, 0.1) is 30.1 Å². The van der Waals surface area contributed by atoms with E-state index >= 15 is 0 Å². The molecule has 2 aliphatic rings. The third-order valence-electron chi connectivity index (χ3n) is 6.51. The molecular formula is C19H25NO4S. The highest BCUT2D eigenvalue weighted by molar-refractivity contribution is 8.00. The van der Waals surface area contributed by atoms with Crippen molar-refractivity contribution in [1.82, 2.24) is 0 Å². The molecule has 6 unspecified atom stereocenters. The number of thioether (sulfide) groups is 1. The molecule has 1 aromatic rings. The van der Waals surface area contributed by atoms with E-state index in [2.05, 4.69) is 0 Å². The average molecular weight is 363 g/mol. The van der Waals surface area contributed by atoms with Gasteiger partial charge in [0.25, 0.3) is 0 Å². The minimum atomic E-state index is -1.50. The SMILES string of the molecule is CCC1C(Sc2ccccc2C)C2C(C(=O)O)C2(CC)C1(N)C(=O)O. The summed E-state index contributed by atoms with van der Waals surface area (Å²) < 4.78 is 0. The van der Waals surface area contributed by atoms with Gasteiger partial charge < -0.3 is 15.9 Å². The molecule has 25 heavy (non-hydrogen) atoms. The van der Waals surface area contributed by atoms with Gasteiger partial charge in [-0.25, -0.2) is 0 Å². The number of hydrogen-bond acceptors (Lipinski definition) is 4. The molecule has 1 aromatic carbocycles. The van der Waals surface area contributed by atoms with Gasteiger partial charge in [-0.05, 0) is 37.3 Å². The van der Waals surface area contributed by atoms with E-state index in [0.717, 1.165) is 10.5 Å². The van der Waals surface area contributed by atoms with E-state index in [1.54, 1.807) is 11.8 Å². The van der Waals surface area contributed by atoms with Crippen LogP contribution in [0.3, 0.4) is 0 Å². The van der Waals surface area contributed by atoms with Crippen LogP contribution in [0.4, 0.5) is 0 Å². The maximum Gasteiger partial charge on any atom is 0.324 e. The summed E-state index contributed by atoms with van der Waals surface area (Å²) >= 11 is 1.61. The van der Waals surface area contributed by atoms with Crippen LogP contribution < -0.4 is 5.73 Å². The number of carboxylic acid groups (broad SMARTS) is 2. The van der Waals surface area contributed by atoms with Crippen LogP contribution in [0.1, 0.15) is 32.3 Å². The zero-order chi connectivity index (χ0) is 18.6. The summed E-state index contributed by atoms with van der Waals surface area (Å²) in [7, 11) is 0. The fraction of sp³-hybridized carbons (Fsp3) is 0.579. The Balaban J connectivity index is 2.08. The lowest BCUT2D eigenvalue weighted by Crippen LogP contribution is -2.60. The Morgan fingerprint density at radius 3 is 2.36 bits per heavy atom. The molecule has 0 saturated heterocycles. The van der Waals surface area contributed by atoms with Crippen LogP contribution in [0.5, 0.6) is 0 Å². The van der Waals surface area contributed by atoms with Crippen molar-refractivity contribution >= 4 is 23.7 Å². The third kappa shape index (κ3) is 2.20. The number of benzene rings is 1. The summed E-state index contributed by atoms with van der Waals surface area (Å²) in [6.45, 7) is 5.83. The molecule has 2 fully saturated rings. The molecule has 0 aromatic heterocycles. The number of aliphatic carboxylic acids is 2. The number of nitrogens with two attached hydrogens (primary N) is 1. The topological polar surface area (TPSA) is 101 Å². The largest absolute Gasteiger partial charge is 0.481 e. The van der Waals surface area contributed by atoms with Gasteiger partial charge in [0.1, 0.15) is 5.54 Å². The summed E-state index contributed by atoms with van der Waals surface area (Å²) in [4.78, 5) is 25.1. The third-order valence-corrected chi connectivity index (χ3v) is 8.11. The van der Waals surface area contributed by atoms with Crippen LogP contribution in [0.15, 0.2) is 29.2 Å². The molecule has 6 atom stereocenters. The molecule has 4 N–H and O–H groups in total. The van der Waals surface area contributed by atoms with Crippen molar-refractivity contribution in [3.63, 3.8) is 0 Å². The molecule has 2 aliphatic carbocycles. The Morgan fingerprint density at radius 1 is 1.24 bits per heavy atom. The van der Waals surface area contributed by atoms with Crippen molar-refractivity contribution in [3.8, 4) is 0 Å². The first-order chi connectivity index (χ1) is 11.8. The Hall–Kier alpha value is -1.53. The standard InChI is InChI=1S/C19H25NO4S/c1-4-11-15(25-12-9-7-6-8-10(12)3)13-14(16(21)22)18(13,5-2)19(11,20)17(23)24/h6-9,11,13-15H,4-5,20H2,1-3H3,(H,21,22)(H,23,24). The normalized spacial score (nSPS) is 39.0. The second kappa shape index (κ2) is 6.02. The van der Waals surface area contributed by atoms with Crippen molar-refractivity contribution in [2.24, 2.45) is 28.9 Å². The molecule has 6 heteroatoms. The quantitative estimate of drug-likeness (QED) is 0.718. The van der Waals surface area contributed by atoms with Gasteiger partial charge in [0.15, 0.2) is 0 Å². The fourth-order valence-corrected chi connectivity index (χ4v) is 7.19. The molecule has 0 radical (unpaired) electrons. The molecule has 0 amide bonds. The molecule has 0 heterocycles. The van der Waals surface area contributed by atoms with Crippen molar-refractivity contribution < 1.29 is 19.8 Å². The van der Waals surface area contributed by atoms with E-state index in [1.807, 2.05) is 45.0 Å². The van der Waals surface area contributed by atoms with Gasteiger partial charge >= 0.3 is 11.9 Å². The first-order valence-corrected chi connectivity index (χ1v) is 9.62. The van der Waals surface area contributed by atoms with Crippen molar-refractivity contribution in [2.75, 3.05) is 0 Å². The Morgan fingerprint density at radius 2 is 1.88 bits per heavy atom. The minimum absolute atomic E-state index is 0.103. The molecule has 136 valence electrons. The van der Waals surface area contributed by atoms with Crippen LogP contribution >= 0.6 is 11.8 Å². The maximum absolute atomic E-state index is 12.2. The Labute approximate surface area is 152 Å². The van der Waals surface area contributed by atoms with Crippen LogP contribution in [0.2, 0.25) is 0 Å². The van der Waals surface area contributed by atoms with Gasteiger partial charge in [0.2, 0.25) is 0 Å². The maximum atomic E-state index is 12.2. The molecule has 0 bridgehead atoms. The molecule has 5 nitrogen and oxygen atoms in total. The predicted molar refractivity (Wildman–Crippen MR) is 96.5 cm³/mol. The van der Waals surface area contributed by atoms with Crippen molar-refractivity contribution in [2.45, 2.75) is 49.3 Å². The number of aryl methyl sites for hydroxylation is 1. The van der Waals surface area contributed by atoms with Gasteiger partial charge in [-0.3, -0.25) is 9.59 Å². The summed E-state index contributed by atoms with van der Waals surface area (Å²) in [5.41, 5.74) is 5.28. The zero-order valence-corrected chi connectivity index (χ0v) is 15.5. The number of rotatable bonds is 6. The second-order valence-electron chi connectivity index (χ2n) is 7.27. The van der Waals surface area contributed by atoms with Gasteiger partial charge in [0.05, 0.1) is 5.92 Å². The van der Waals surface area contributed by atoms with E-state index in [9.17, 15) is 19.8 Å². The highest BCUT2D eigenvalue weighted by Crippen LogP contribution is 2.77. The van der Waals surface area contributed by atoms with E-state index in [1.165, 1.54) is 0 Å². The summed E-state index contributed by atoms with van der Waals surface area (Å²) in [6, 6.07) is 7.94. The Kier molecular flexibility index (Phi) is 4.40. The van der Waals surface area contributed by atoms with Crippen molar-refractivity contribution in [3.05, 3.63) is 29.8 Å². The molecule has 0 aliphatic heterocycles. The minimum Gasteiger partial charge on any atom is -0.481 e. The smallest absolute Gasteiger partial charge is 0.324 e. The van der Waals surface area contributed by atoms with E-state index in [0.29, 0.717) is 12.8 Å². The van der Waals surface area contributed by atoms with Gasteiger partial charge in [-0.15, -0.1) is 11.8 Å². The number of carbonyl (C=O) groups is 2. The van der Waals surface area contributed by atoms with Gasteiger partial charge in [-0.1, -0.05) is 32.0 Å². The number of hydrogen-bond donors (Lipinski definition) is 3. The monoisotopic (exact) mass is 363 g/mol.